The zero-order valence-electron chi connectivity index (χ0n) is 13.0. The Balaban J connectivity index is 2.18. The van der Waals surface area contributed by atoms with Gasteiger partial charge in [-0.2, -0.15) is 0 Å². The maximum absolute atomic E-state index is 12.5. The average Bonchev–Trinajstić information content (AvgIpc) is 2.89. The third-order valence-corrected chi connectivity index (χ3v) is 4.63. The Kier molecular flexibility index (Phi) is 5.63. The zero-order valence-corrected chi connectivity index (χ0v) is 13.9. The molecule has 0 fully saturated rings. The van der Waals surface area contributed by atoms with Gasteiger partial charge in [0, 0.05) is 18.8 Å². The molecule has 1 amide bonds. The summed E-state index contributed by atoms with van der Waals surface area (Å²) in [5.74, 6) is 0.129. The van der Waals surface area contributed by atoms with Crippen LogP contribution in [0.2, 0.25) is 0 Å². The molecule has 1 unspecified atom stereocenters. The number of aliphatic hydroxyl groups excluding tert-OH is 1. The Morgan fingerprint density at radius 1 is 1.41 bits per heavy atom. The lowest BCUT2D eigenvalue weighted by atomic mass is 10.0. The first-order valence-corrected chi connectivity index (χ1v) is 8.15. The molecule has 2 aromatic rings. The van der Waals surface area contributed by atoms with E-state index in [4.69, 9.17) is 5.11 Å². The van der Waals surface area contributed by atoms with Gasteiger partial charge in [-0.05, 0) is 31.4 Å². The molecule has 0 radical (unpaired) electrons. The zero-order chi connectivity index (χ0) is 16.1. The van der Waals surface area contributed by atoms with Crippen molar-refractivity contribution in [3.05, 3.63) is 35.0 Å². The van der Waals surface area contributed by atoms with Gasteiger partial charge in [-0.25, -0.2) is 4.98 Å². The minimum absolute atomic E-state index is 0.0442. The number of amides is 1. The highest BCUT2D eigenvalue weighted by atomic mass is 32.1. The fraction of sp³-hybridized carbons (Fsp3) is 0.438. The normalized spacial score (nSPS) is 12.4. The van der Waals surface area contributed by atoms with E-state index in [1.165, 1.54) is 11.3 Å². The Labute approximate surface area is 134 Å². The van der Waals surface area contributed by atoms with Crippen molar-refractivity contribution < 1.29 is 9.90 Å². The van der Waals surface area contributed by atoms with E-state index in [0.29, 0.717) is 17.0 Å². The van der Waals surface area contributed by atoms with E-state index >= 15 is 0 Å². The monoisotopic (exact) mass is 319 g/mol. The Morgan fingerprint density at radius 2 is 2.18 bits per heavy atom. The summed E-state index contributed by atoms with van der Waals surface area (Å²) < 4.78 is 0. The van der Waals surface area contributed by atoms with Crippen molar-refractivity contribution >= 4 is 17.2 Å². The van der Waals surface area contributed by atoms with Gasteiger partial charge in [0.05, 0.1) is 11.4 Å². The van der Waals surface area contributed by atoms with Crippen LogP contribution in [0.5, 0.6) is 0 Å². The molecule has 2 heterocycles. The molecule has 0 aliphatic rings. The molecule has 0 bridgehead atoms. The molecule has 2 aromatic heterocycles. The van der Waals surface area contributed by atoms with E-state index in [0.717, 1.165) is 10.7 Å². The first kappa shape index (κ1) is 16.6. The fourth-order valence-corrected chi connectivity index (χ4v) is 3.10. The number of hydrogen-bond donors (Lipinski definition) is 2. The topological polar surface area (TPSA) is 75.1 Å². The van der Waals surface area contributed by atoms with Gasteiger partial charge >= 0.3 is 0 Å². The molecule has 22 heavy (non-hydrogen) atoms. The smallest absolute Gasteiger partial charge is 0.263 e. The predicted octanol–water partition coefficient (Wildman–Crippen LogP) is 2.65. The highest BCUT2D eigenvalue weighted by molar-refractivity contribution is 7.17. The number of nitrogens with one attached hydrogen (secondary N) is 1. The summed E-state index contributed by atoms with van der Waals surface area (Å²) in [5.41, 5.74) is 1.47. The molecule has 5 nitrogen and oxygen atoms in total. The van der Waals surface area contributed by atoms with Crippen LogP contribution in [0.4, 0.5) is 0 Å². The minimum atomic E-state index is -0.135. The Bertz CT molecular complexity index is 626. The summed E-state index contributed by atoms with van der Waals surface area (Å²) >= 11 is 1.34. The van der Waals surface area contributed by atoms with Crippen molar-refractivity contribution in [2.45, 2.75) is 33.2 Å². The second-order valence-corrected chi connectivity index (χ2v) is 6.48. The third kappa shape index (κ3) is 3.90. The molecule has 0 saturated heterocycles. The van der Waals surface area contributed by atoms with Gasteiger partial charge in [-0.3, -0.25) is 9.78 Å². The number of rotatable bonds is 6. The molecule has 6 heteroatoms. The van der Waals surface area contributed by atoms with Crippen LogP contribution in [0.25, 0.3) is 10.7 Å². The average molecular weight is 319 g/mol. The molecule has 0 aliphatic carbocycles. The second-order valence-electron chi connectivity index (χ2n) is 5.48. The number of nitrogens with zero attached hydrogens (tertiary/aromatic N) is 2. The number of carbonyl (C=O) groups excluding carboxylic acids is 1. The number of aliphatic hydroxyl groups is 1. The van der Waals surface area contributed by atoms with Crippen LogP contribution < -0.4 is 5.32 Å². The summed E-state index contributed by atoms with van der Waals surface area (Å²) in [4.78, 5) is 21.8. The van der Waals surface area contributed by atoms with Crippen LogP contribution in [0.3, 0.4) is 0 Å². The van der Waals surface area contributed by atoms with Crippen molar-refractivity contribution in [3.63, 3.8) is 0 Å². The molecule has 2 N–H and O–H groups in total. The molecule has 2 rings (SSSR count). The fourth-order valence-electron chi connectivity index (χ4n) is 2.15. The molecule has 118 valence electrons. The summed E-state index contributed by atoms with van der Waals surface area (Å²) in [5, 5.41) is 12.8. The van der Waals surface area contributed by atoms with Crippen LogP contribution >= 0.6 is 11.3 Å². The lowest BCUT2D eigenvalue weighted by Crippen LogP contribution is -2.39. The van der Waals surface area contributed by atoms with Gasteiger partial charge in [0.2, 0.25) is 0 Å². The van der Waals surface area contributed by atoms with Crippen LogP contribution in [0, 0.1) is 12.8 Å². The lowest BCUT2D eigenvalue weighted by molar-refractivity contribution is 0.0920. The summed E-state index contributed by atoms with van der Waals surface area (Å²) in [6.07, 6.45) is 2.26. The van der Waals surface area contributed by atoms with E-state index < -0.39 is 0 Å². The number of aryl methyl sites for hydroxylation is 1. The predicted molar refractivity (Wildman–Crippen MR) is 87.9 cm³/mol. The van der Waals surface area contributed by atoms with Gasteiger partial charge in [0.15, 0.2) is 0 Å². The van der Waals surface area contributed by atoms with Crippen molar-refractivity contribution in [1.82, 2.24) is 15.3 Å². The van der Waals surface area contributed by atoms with E-state index in [9.17, 15) is 4.79 Å². The van der Waals surface area contributed by atoms with Gasteiger partial charge in [0.1, 0.15) is 9.88 Å². The highest BCUT2D eigenvalue weighted by Crippen LogP contribution is 2.26. The number of pyridine rings is 1. The number of carbonyl (C=O) groups is 1. The molecular formula is C16H21N3O2S. The van der Waals surface area contributed by atoms with Crippen LogP contribution in [0.1, 0.15) is 35.6 Å². The molecule has 0 spiro atoms. The van der Waals surface area contributed by atoms with Crippen molar-refractivity contribution in [3.8, 4) is 10.7 Å². The number of aromatic nitrogens is 2. The first-order valence-electron chi connectivity index (χ1n) is 7.33. The van der Waals surface area contributed by atoms with Crippen molar-refractivity contribution in [1.29, 1.82) is 0 Å². The molecule has 0 saturated carbocycles. The molecule has 0 aliphatic heterocycles. The third-order valence-electron chi connectivity index (χ3n) is 3.45. The standard InChI is InChI=1S/C16H21N3O2S/c1-10(2)12(7-9-20)19-15(21)14-11(3)18-16(22-14)13-6-4-5-8-17-13/h4-6,8,10,12,20H,7,9H2,1-3H3,(H,19,21). The molecule has 0 aromatic carbocycles. The lowest BCUT2D eigenvalue weighted by Gasteiger charge is -2.21. The Hall–Kier alpha value is -1.79. The maximum Gasteiger partial charge on any atom is 0.263 e. The van der Waals surface area contributed by atoms with Gasteiger partial charge in [-0.1, -0.05) is 19.9 Å². The van der Waals surface area contributed by atoms with Gasteiger partial charge in [0.25, 0.3) is 5.91 Å². The second kappa shape index (κ2) is 7.47. The minimum Gasteiger partial charge on any atom is -0.396 e. The number of hydrogen-bond acceptors (Lipinski definition) is 5. The largest absolute Gasteiger partial charge is 0.396 e. The van der Waals surface area contributed by atoms with E-state index in [2.05, 4.69) is 15.3 Å². The first-order chi connectivity index (χ1) is 10.5. The van der Waals surface area contributed by atoms with E-state index in [1.807, 2.05) is 39.0 Å². The van der Waals surface area contributed by atoms with Crippen LogP contribution in [0.15, 0.2) is 24.4 Å². The molecular weight excluding hydrogens is 298 g/mol. The number of thiazole rings is 1. The maximum atomic E-state index is 12.5. The van der Waals surface area contributed by atoms with Gasteiger partial charge in [-0.15, -0.1) is 11.3 Å². The van der Waals surface area contributed by atoms with Crippen LogP contribution in [-0.2, 0) is 0 Å². The highest BCUT2D eigenvalue weighted by Gasteiger charge is 2.21. The summed E-state index contributed by atoms with van der Waals surface area (Å²) in [6, 6.07) is 5.58. The van der Waals surface area contributed by atoms with Crippen molar-refractivity contribution in [2.24, 2.45) is 5.92 Å². The van der Waals surface area contributed by atoms with Crippen molar-refractivity contribution in [2.75, 3.05) is 6.61 Å². The SMILES string of the molecule is Cc1nc(-c2ccccn2)sc1C(=O)NC(CCO)C(C)C. The van der Waals surface area contributed by atoms with E-state index in [-0.39, 0.29) is 24.5 Å². The van der Waals surface area contributed by atoms with E-state index in [1.54, 1.807) is 6.20 Å². The van der Waals surface area contributed by atoms with Crippen LogP contribution in [-0.4, -0.2) is 33.6 Å². The van der Waals surface area contributed by atoms with Gasteiger partial charge < -0.3 is 10.4 Å². The molecule has 1 atom stereocenters. The quantitative estimate of drug-likeness (QED) is 0.858. The summed E-state index contributed by atoms with van der Waals surface area (Å²) in [6.45, 7) is 5.94. The Morgan fingerprint density at radius 3 is 2.77 bits per heavy atom. The summed E-state index contributed by atoms with van der Waals surface area (Å²) in [7, 11) is 0.